The summed E-state index contributed by atoms with van der Waals surface area (Å²) in [6, 6.07) is 5.43. The molecule has 0 saturated heterocycles. The van der Waals surface area contributed by atoms with Crippen molar-refractivity contribution in [3.63, 3.8) is 0 Å². The molecule has 4 heteroatoms. The van der Waals surface area contributed by atoms with Crippen LogP contribution in [0, 0.1) is 0 Å². The van der Waals surface area contributed by atoms with Gasteiger partial charge in [-0.1, -0.05) is 35.0 Å². The lowest BCUT2D eigenvalue weighted by Gasteiger charge is -2.18. The average Bonchev–Trinajstić information content (AvgIpc) is 2.16. The van der Waals surface area contributed by atoms with E-state index in [1.807, 2.05) is 17.8 Å². The van der Waals surface area contributed by atoms with Gasteiger partial charge in [0.05, 0.1) is 6.61 Å². The molecular formula is C11H14Cl2OSi. The number of halogens is 2. The number of hydrogen-bond donors (Lipinski definition) is 0. The average molecular weight is 261 g/mol. The summed E-state index contributed by atoms with van der Waals surface area (Å²) in [7, 11) is -1.72. The maximum Gasteiger partial charge on any atom is 0.210 e. The molecule has 0 radical (unpaired) electrons. The lowest BCUT2D eigenvalue weighted by Crippen LogP contribution is -2.27. The molecule has 0 fully saturated rings. The van der Waals surface area contributed by atoms with Gasteiger partial charge in [-0.05, 0) is 30.8 Å². The second-order valence-electron chi connectivity index (χ2n) is 3.83. The van der Waals surface area contributed by atoms with Gasteiger partial charge in [0, 0.05) is 10.0 Å². The van der Waals surface area contributed by atoms with Crippen LogP contribution in [-0.2, 0) is 11.0 Å². The van der Waals surface area contributed by atoms with E-state index >= 15 is 0 Å². The SMILES string of the molecule is C=C[Si](C)(C)OCc1ccc(Cl)cc1Cl. The Bertz CT molecular complexity index is 364. The molecule has 0 aliphatic rings. The van der Waals surface area contributed by atoms with E-state index in [2.05, 4.69) is 19.7 Å². The van der Waals surface area contributed by atoms with Gasteiger partial charge < -0.3 is 4.43 Å². The van der Waals surface area contributed by atoms with E-state index in [1.165, 1.54) is 0 Å². The van der Waals surface area contributed by atoms with Gasteiger partial charge in [0.1, 0.15) is 0 Å². The van der Waals surface area contributed by atoms with Gasteiger partial charge in [-0.2, -0.15) is 0 Å². The molecule has 0 N–H and O–H groups in total. The second-order valence-corrected chi connectivity index (χ2v) is 8.58. The van der Waals surface area contributed by atoms with E-state index < -0.39 is 8.32 Å². The van der Waals surface area contributed by atoms with Gasteiger partial charge in [0.2, 0.25) is 8.32 Å². The Labute approximate surface area is 102 Å². The summed E-state index contributed by atoms with van der Waals surface area (Å²) in [6.45, 7) is 8.45. The minimum absolute atomic E-state index is 0.515. The lowest BCUT2D eigenvalue weighted by atomic mass is 10.2. The van der Waals surface area contributed by atoms with Crippen molar-refractivity contribution in [1.29, 1.82) is 0 Å². The summed E-state index contributed by atoms with van der Waals surface area (Å²) in [5.41, 5.74) is 2.86. The van der Waals surface area contributed by atoms with Gasteiger partial charge in [-0.25, -0.2) is 0 Å². The Morgan fingerprint density at radius 1 is 1.40 bits per heavy atom. The van der Waals surface area contributed by atoms with Crippen LogP contribution in [0.15, 0.2) is 30.5 Å². The monoisotopic (exact) mass is 260 g/mol. The lowest BCUT2D eigenvalue weighted by molar-refractivity contribution is 0.303. The Hall–Kier alpha value is -0.283. The summed E-state index contributed by atoms with van der Waals surface area (Å²) in [6.07, 6.45) is 0. The molecule has 0 aromatic heterocycles. The molecule has 0 amide bonds. The molecule has 1 nitrogen and oxygen atoms in total. The molecule has 1 aromatic rings. The zero-order chi connectivity index (χ0) is 11.5. The minimum atomic E-state index is -1.72. The third kappa shape index (κ3) is 3.99. The van der Waals surface area contributed by atoms with Crippen molar-refractivity contribution in [3.05, 3.63) is 46.1 Å². The molecule has 0 saturated carbocycles. The molecule has 1 aromatic carbocycles. The fraction of sp³-hybridized carbons (Fsp3) is 0.273. The standard InChI is InChI=1S/C11H14Cl2OSi/c1-4-15(2,3)14-8-9-5-6-10(12)7-11(9)13/h4-7H,1,8H2,2-3H3. The molecule has 1 rings (SSSR count). The number of rotatable bonds is 4. The topological polar surface area (TPSA) is 9.23 Å². The smallest absolute Gasteiger partial charge is 0.210 e. The summed E-state index contributed by atoms with van der Waals surface area (Å²) >= 11 is 11.8. The third-order valence-electron chi connectivity index (χ3n) is 2.11. The highest BCUT2D eigenvalue weighted by Gasteiger charge is 2.17. The van der Waals surface area contributed by atoms with Gasteiger partial charge in [0.25, 0.3) is 0 Å². The minimum Gasteiger partial charge on any atom is -0.409 e. The maximum atomic E-state index is 6.03. The van der Waals surface area contributed by atoms with Crippen molar-refractivity contribution >= 4 is 31.5 Å². The van der Waals surface area contributed by atoms with Crippen molar-refractivity contribution in [3.8, 4) is 0 Å². The second kappa shape index (κ2) is 5.17. The quantitative estimate of drug-likeness (QED) is 0.728. The van der Waals surface area contributed by atoms with Crippen LogP contribution in [0.25, 0.3) is 0 Å². The van der Waals surface area contributed by atoms with Gasteiger partial charge in [-0.15, -0.1) is 6.58 Å². The van der Waals surface area contributed by atoms with Crippen LogP contribution in [0.1, 0.15) is 5.56 Å². The van der Waals surface area contributed by atoms with E-state index in [0.717, 1.165) is 5.56 Å². The van der Waals surface area contributed by atoms with Crippen LogP contribution in [0.5, 0.6) is 0 Å². The first-order valence-corrected chi connectivity index (χ1v) is 8.40. The van der Waals surface area contributed by atoms with Crippen LogP contribution >= 0.6 is 23.2 Å². The van der Waals surface area contributed by atoms with Gasteiger partial charge in [-0.3, -0.25) is 0 Å². The van der Waals surface area contributed by atoms with E-state index in [1.54, 1.807) is 6.07 Å². The molecule has 0 aliphatic carbocycles. The molecule has 0 spiro atoms. The zero-order valence-corrected chi connectivity index (χ0v) is 11.4. The fourth-order valence-corrected chi connectivity index (χ4v) is 2.07. The zero-order valence-electron chi connectivity index (χ0n) is 8.89. The molecule has 0 aliphatic heterocycles. The Kier molecular flexibility index (Phi) is 4.41. The van der Waals surface area contributed by atoms with Crippen LogP contribution in [0.4, 0.5) is 0 Å². The van der Waals surface area contributed by atoms with Crippen LogP contribution in [0.3, 0.4) is 0 Å². The van der Waals surface area contributed by atoms with Crippen molar-refractivity contribution in [2.45, 2.75) is 19.7 Å². The predicted molar refractivity (Wildman–Crippen MR) is 68.9 cm³/mol. The molecule has 0 unspecified atom stereocenters. The maximum absolute atomic E-state index is 6.03. The van der Waals surface area contributed by atoms with Crippen LogP contribution in [0.2, 0.25) is 23.1 Å². The first kappa shape index (κ1) is 12.8. The van der Waals surface area contributed by atoms with E-state index in [9.17, 15) is 0 Å². The molecule has 15 heavy (non-hydrogen) atoms. The van der Waals surface area contributed by atoms with Crippen molar-refractivity contribution in [2.75, 3.05) is 0 Å². The largest absolute Gasteiger partial charge is 0.409 e. The van der Waals surface area contributed by atoms with E-state index in [4.69, 9.17) is 27.6 Å². The normalized spacial score (nSPS) is 11.5. The molecular weight excluding hydrogens is 247 g/mol. The Balaban J connectivity index is 2.70. The summed E-state index contributed by atoms with van der Waals surface area (Å²) in [4.78, 5) is 0. The summed E-state index contributed by atoms with van der Waals surface area (Å²) in [5, 5.41) is 1.29. The van der Waals surface area contributed by atoms with Crippen molar-refractivity contribution < 1.29 is 4.43 Å². The Morgan fingerprint density at radius 3 is 2.60 bits per heavy atom. The van der Waals surface area contributed by atoms with E-state index in [0.29, 0.717) is 16.7 Å². The van der Waals surface area contributed by atoms with Crippen LogP contribution in [-0.4, -0.2) is 8.32 Å². The molecule has 0 bridgehead atoms. The predicted octanol–water partition coefficient (Wildman–Crippen LogP) is 4.44. The highest BCUT2D eigenvalue weighted by molar-refractivity contribution is 6.76. The first-order chi connectivity index (χ1) is 6.94. The molecule has 82 valence electrons. The van der Waals surface area contributed by atoms with E-state index in [-0.39, 0.29) is 0 Å². The number of hydrogen-bond acceptors (Lipinski definition) is 1. The summed E-state index contributed by atoms with van der Waals surface area (Å²) < 4.78 is 5.78. The highest BCUT2D eigenvalue weighted by atomic mass is 35.5. The third-order valence-corrected chi connectivity index (χ3v) is 4.56. The van der Waals surface area contributed by atoms with Gasteiger partial charge in [0.15, 0.2) is 0 Å². The highest BCUT2D eigenvalue weighted by Crippen LogP contribution is 2.22. The van der Waals surface area contributed by atoms with Crippen molar-refractivity contribution in [1.82, 2.24) is 0 Å². The first-order valence-electron chi connectivity index (χ1n) is 4.66. The molecule has 0 atom stereocenters. The Morgan fingerprint density at radius 2 is 2.07 bits per heavy atom. The fourth-order valence-electron chi connectivity index (χ4n) is 0.961. The van der Waals surface area contributed by atoms with Crippen molar-refractivity contribution in [2.24, 2.45) is 0 Å². The van der Waals surface area contributed by atoms with Crippen LogP contribution < -0.4 is 0 Å². The molecule has 0 heterocycles. The number of benzene rings is 1. The summed E-state index contributed by atoms with van der Waals surface area (Å²) in [5.74, 6) is 0. The van der Waals surface area contributed by atoms with Gasteiger partial charge >= 0.3 is 0 Å².